The van der Waals surface area contributed by atoms with Crippen molar-refractivity contribution in [3.63, 3.8) is 0 Å². The van der Waals surface area contributed by atoms with Crippen LogP contribution in [0.1, 0.15) is 36.5 Å². The summed E-state index contributed by atoms with van der Waals surface area (Å²) in [6.45, 7) is 2.33. The number of para-hydroxylation sites is 1. The third-order valence-electron chi connectivity index (χ3n) is 6.16. The minimum atomic E-state index is -0.157. The van der Waals surface area contributed by atoms with Crippen LogP contribution in [-0.2, 0) is 11.3 Å². The van der Waals surface area contributed by atoms with E-state index in [0.29, 0.717) is 40.1 Å². The number of carbonyl (C=O) groups is 2. The van der Waals surface area contributed by atoms with E-state index in [1.54, 1.807) is 12.5 Å². The SMILES string of the molecule is CC(=O)Nc1ccccc1-c1nc2ccc(C(=O)CCCCn3ccnc3)cc2nc1-c1ccccc1. The van der Waals surface area contributed by atoms with Crippen LogP contribution >= 0.6 is 0 Å². The van der Waals surface area contributed by atoms with Gasteiger partial charge < -0.3 is 9.88 Å². The third-order valence-corrected chi connectivity index (χ3v) is 6.16. The molecule has 3 aromatic carbocycles. The summed E-state index contributed by atoms with van der Waals surface area (Å²) in [6, 6.07) is 22.9. The second-order valence-corrected chi connectivity index (χ2v) is 8.90. The van der Waals surface area contributed by atoms with Gasteiger partial charge in [-0.15, -0.1) is 0 Å². The Bertz CT molecular complexity index is 1550. The van der Waals surface area contributed by atoms with Gasteiger partial charge in [0, 0.05) is 49.0 Å². The van der Waals surface area contributed by atoms with E-state index >= 15 is 0 Å². The van der Waals surface area contributed by atoms with Crippen molar-refractivity contribution in [2.24, 2.45) is 0 Å². The lowest BCUT2D eigenvalue weighted by Crippen LogP contribution is -2.08. The molecule has 0 saturated heterocycles. The number of hydrogen-bond donors (Lipinski definition) is 1. The highest BCUT2D eigenvalue weighted by Crippen LogP contribution is 2.35. The van der Waals surface area contributed by atoms with Crippen molar-refractivity contribution in [2.75, 3.05) is 5.32 Å². The molecule has 5 rings (SSSR count). The first-order chi connectivity index (χ1) is 18.1. The largest absolute Gasteiger partial charge is 0.337 e. The Hall–Kier alpha value is -4.65. The zero-order valence-electron chi connectivity index (χ0n) is 20.6. The summed E-state index contributed by atoms with van der Waals surface area (Å²) in [5.74, 6) is -0.0636. The molecule has 0 unspecified atom stereocenters. The maximum atomic E-state index is 12.9. The van der Waals surface area contributed by atoms with Gasteiger partial charge in [0.2, 0.25) is 5.91 Å². The lowest BCUT2D eigenvalue weighted by atomic mass is 10.0. The second kappa shape index (κ2) is 11.0. The fourth-order valence-electron chi connectivity index (χ4n) is 4.34. The molecule has 1 N–H and O–H groups in total. The number of fused-ring (bicyclic) bond motifs is 1. The predicted molar refractivity (Wildman–Crippen MR) is 145 cm³/mol. The van der Waals surface area contributed by atoms with Gasteiger partial charge in [-0.3, -0.25) is 9.59 Å². The molecule has 0 atom stereocenters. The van der Waals surface area contributed by atoms with Crippen LogP contribution in [0.25, 0.3) is 33.5 Å². The fourth-order valence-corrected chi connectivity index (χ4v) is 4.34. The van der Waals surface area contributed by atoms with Gasteiger partial charge in [-0.1, -0.05) is 48.5 Å². The van der Waals surface area contributed by atoms with Crippen LogP contribution in [0.4, 0.5) is 5.69 Å². The van der Waals surface area contributed by atoms with Crippen LogP contribution < -0.4 is 5.32 Å². The molecule has 2 aromatic heterocycles. The molecule has 0 radical (unpaired) electrons. The van der Waals surface area contributed by atoms with E-state index in [2.05, 4.69) is 10.3 Å². The number of aromatic nitrogens is 4. The maximum Gasteiger partial charge on any atom is 0.221 e. The highest BCUT2D eigenvalue weighted by Gasteiger charge is 2.17. The minimum absolute atomic E-state index is 0.0932. The van der Waals surface area contributed by atoms with E-state index in [4.69, 9.17) is 9.97 Å². The van der Waals surface area contributed by atoms with Crippen LogP contribution in [0.3, 0.4) is 0 Å². The van der Waals surface area contributed by atoms with Crippen LogP contribution in [0.2, 0.25) is 0 Å². The molecule has 37 heavy (non-hydrogen) atoms. The first-order valence-corrected chi connectivity index (χ1v) is 12.3. The number of unbranched alkanes of at least 4 members (excludes halogenated alkanes) is 1. The molecule has 0 spiro atoms. The van der Waals surface area contributed by atoms with E-state index in [-0.39, 0.29) is 11.7 Å². The van der Waals surface area contributed by atoms with Gasteiger partial charge in [-0.25, -0.2) is 15.0 Å². The highest BCUT2D eigenvalue weighted by molar-refractivity contribution is 6.00. The smallest absolute Gasteiger partial charge is 0.221 e. The Labute approximate surface area is 215 Å². The van der Waals surface area contributed by atoms with Gasteiger partial charge >= 0.3 is 0 Å². The number of imidazole rings is 1. The van der Waals surface area contributed by atoms with Crippen LogP contribution in [0, 0.1) is 0 Å². The molecular formula is C30H27N5O2. The Morgan fingerprint density at radius 2 is 1.65 bits per heavy atom. The quantitative estimate of drug-likeness (QED) is 0.197. The Morgan fingerprint density at radius 1 is 0.865 bits per heavy atom. The zero-order chi connectivity index (χ0) is 25.6. The lowest BCUT2D eigenvalue weighted by molar-refractivity contribution is -0.114. The van der Waals surface area contributed by atoms with Crippen LogP contribution in [0.5, 0.6) is 0 Å². The van der Waals surface area contributed by atoms with Gasteiger partial charge in [-0.05, 0) is 37.1 Å². The first-order valence-electron chi connectivity index (χ1n) is 12.3. The number of amides is 1. The number of hydrogen-bond acceptors (Lipinski definition) is 5. The van der Waals surface area contributed by atoms with E-state index in [1.807, 2.05) is 83.6 Å². The number of nitrogens with zero attached hydrogens (tertiary/aromatic N) is 4. The predicted octanol–water partition coefficient (Wildman–Crippen LogP) is 6.17. The van der Waals surface area contributed by atoms with E-state index in [1.165, 1.54) is 6.92 Å². The second-order valence-electron chi connectivity index (χ2n) is 8.90. The van der Waals surface area contributed by atoms with E-state index < -0.39 is 0 Å². The first kappa shape index (κ1) is 24.1. The monoisotopic (exact) mass is 489 g/mol. The zero-order valence-corrected chi connectivity index (χ0v) is 20.6. The fraction of sp³-hybridized carbons (Fsp3) is 0.167. The standard InChI is InChI=1S/C30H27N5O2/c1-21(36)32-25-12-6-5-11-24(25)30-29(22-9-3-2-4-10-22)34-27-19-23(14-15-26(27)33-30)28(37)13-7-8-17-35-18-16-31-20-35/h2-6,9-12,14-16,18-20H,7-8,13,17H2,1H3,(H,32,36). The van der Waals surface area contributed by atoms with Gasteiger partial charge in [-0.2, -0.15) is 0 Å². The number of anilines is 1. The molecule has 0 aliphatic heterocycles. The molecule has 0 saturated carbocycles. The van der Waals surface area contributed by atoms with Crippen molar-refractivity contribution in [2.45, 2.75) is 32.7 Å². The average Bonchev–Trinajstić information content (AvgIpc) is 3.44. The normalized spacial score (nSPS) is 10.9. The maximum absolute atomic E-state index is 12.9. The number of ketones is 1. The molecule has 0 fully saturated rings. The molecular weight excluding hydrogens is 462 g/mol. The summed E-state index contributed by atoms with van der Waals surface area (Å²) in [5, 5.41) is 2.90. The van der Waals surface area contributed by atoms with Crippen molar-refractivity contribution in [3.8, 4) is 22.5 Å². The van der Waals surface area contributed by atoms with Gasteiger partial charge in [0.1, 0.15) is 0 Å². The molecule has 0 bridgehead atoms. The van der Waals surface area contributed by atoms with Crippen LogP contribution in [0.15, 0.2) is 91.5 Å². The average molecular weight is 490 g/mol. The summed E-state index contributed by atoms with van der Waals surface area (Å²) in [5.41, 5.74) is 5.69. The third kappa shape index (κ3) is 5.62. The number of nitrogens with one attached hydrogen (secondary N) is 1. The van der Waals surface area contributed by atoms with E-state index in [0.717, 1.165) is 30.5 Å². The van der Waals surface area contributed by atoms with Gasteiger partial charge in [0.25, 0.3) is 0 Å². The Kier molecular flexibility index (Phi) is 7.12. The number of rotatable bonds is 9. The Balaban J connectivity index is 1.48. The number of Topliss-reactive ketones (excluding diaryl/α,β-unsaturated/α-hetero) is 1. The summed E-state index contributed by atoms with van der Waals surface area (Å²) in [4.78, 5) is 38.8. The van der Waals surface area contributed by atoms with Crippen LogP contribution in [-0.4, -0.2) is 31.2 Å². The summed E-state index contributed by atoms with van der Waals surface area (Å²) in [7, 11) is 0. The van der Waals surface area contributed by atoms with Crippen molar-refractivity contribution >= 4 is 28.4 Å². The molecule has 7 nitrogen and oxygen atoms in total. The topological polar surface area (TPSA) is 89.8 Å². The van der Waals surface area contributed by atoms with Crippen molar-refractivity contribution in [3.05, 3.63) is 97.1 Å². The van der Waals surface area contributed by atoms with Crippen molar-refractivity contribution < 1.29 is 9.59 Å². The van der Waals surface area contributed by atoms with E-state index in [9.17, 15) is 9.59 Å². The minimum Gasteiger partial charge on any atom is -0.337 e. The van der Waals surface area contributed by atoms with Crippen molar-refractivity contribution in [1.29, 1.82) is 0 Å². The molecule has 184 valence electrons. The van der Waals surface area contributed by atoms with Crippen molar-refractivity contribution in [1.82, 2.24) is 19.5 Å². The summed E-state index contributed by atoms with van der Waals surface area (Å²) < 4.78 is 2.02. The summed E-state index contributed by atoms with van der Waals surface area (Å²) in [6.07, 6.45) is 7.66. The molecule has 5 aromatic rings. The molecule has 0 aliphatic rings. The lowest BCUT2D eigenvalue weighted by Gasteiger charge is -2.14. The molecule has 0 aliphatic carbocycles. The Morgan fingerprint density at radius 3 is 2.43 bits per heavy atom. The number of benzene rings is 3. The molecule has 7 heteroatoms. The molecule has 2 heterocycles. The summed E-state index contributed by atoms with van der Waals surface area (Å²) >= 11 is 0. The highest BCUT2D eigenvalue weighted by atomic mass is 16.1. The molecule has 1 amide bonds. The number of aryl methyl sites for hydroxylation is 1. The van der Waals surface area contributed by atoms with Gasteiger partial charge in [0.05, 0.1) is 34.4 Å². The number of carbonyl (C=O) groups excluding carboxylic acids is 2. The van der Waals surface area contributed by atoms with Gasteiger partial charge in [0.15, 0.2) is 5.78 Å².